The van der Waals surface area contributed by atoms with Crippen molar-refractivity contribution in [1.29, 1.82) is 0 Å². The van der Waals surface area contributed by atoms with Gasteiger partial charge < -0.3 is 19.1 Å². The molecule has 8 heteroatoms. The summed E-state index contributed by atoms with van der Waals surface area (Å²) in [5, 5.41) is 3.91. The molecule has 0 aromatic carbocycles. The van der Waals surface area contributed by atoms with Crippen molar-refractivity contribution in [2.24, 2.45) is 0 Å². The number of halogens is 1. The number of hydrogen-bond donors (Lipinski definition) is 0. The maximum absolute atomic E-state index is 13.1. The maximum Gasteiger partial charge on any atom is 0.248 e. The molecule has 0 N–H and O–H groups in total. The minimum Gasteiger partial charge on any atom is -0.383 e. The van der Waals surface area contributed by atoms with Crippen molar-refractivity contribution in [2.45, 2.75) is 44.1 Å². The third-order valence-electron chi connectivity index (χ3n) is 5.17. The first kappa shape index (κ1) is 18.2. The van der Waals surface area contributed by atoms with Gasteiger partial charge in [0.2, 0.25) is 11.8 Å². The fourth-order valence-corrected chi connectivity index (χ4v) is 4.13. The molecule has 0 bridgehead atoms. The van der Waals surface area contributed by atoms with Crippen LogP contribution >= 0.6 is 11.6 Å². The van der Waals surface area contributed by atoms with E-state index in [1.54, 1.807) is 18.1 Å². The van der Waals surface area contributed by atoms with Gasteiger partial charge >= 0.3 is 0 Å². The van der Waals surface area contributed by atoms with Gasteiger partial charge in [-0.3, -0.25) is 9.59 Å². The molecular weight excluding hydrogens is 346 g/mol. The van der Waals surface area contributed by atoms with Crippen molar-refractivity contribution >= 4 is 23.4 Å². The number of ether oxygens (including phenoxy) is 1. The number of carbonyl (C=O) groups excluding carboxylic acids is 2. The lowest BCUT2D eigenvalue weighted by Gasteiger charge is -2.44. The van der Waals surface area contributed by atoms with E-state index < -0.39 is 5.54 Å². The van der Waals surface area contributed by atoms with Gasteiger partial charge in [0.15, 0.2) is 5.15 Å². The average Bonchev–Trinajstić information content (AvgIpc) is 3.21. The Bertz CT molecular complexity index is 635. The zero-order valence-electron chi connectivity index (χ0n) is 14.5. The molecule has 0 saturated carbocycles. The fourth-order valence-electron chi connectivity index (χ4n) is 3.98. The molecule has 2 aliphatic rings. The van der Waals surface area contributed by atoms with Gasteiger partial charge in [-0.2, -0.15) is 0 Å². The molecule has 3 rings (SSSR count). The van der Waals surface area contributed by atoms with Crippen LogP contribution in [-0.2, 0) is 20.7 Å². The predicted octanol–water partition coefficient (Wildman–Crippen LogP) is 1.89. The largest absolute Gasteiger partial charge is 0.383 e. The molecule has 3 heterocycles. The van der Waals surface area contributed by atoms with Crippen LogP contribution in [0, 0.1) is 0 Å². The van der Waals surface area contributed by atoms with Crippen molar-refractivity contribution in [3.8, 4) is 0 Å². The Morgan fingerprint density at radius 2 is 2.16 bits per heavy atom. The van der Waals surface area contributed by atoms with Gasteiger partial charge in [-0.1, -0.05) is 16.8 Å². The van der Waals surface area contributed by atoms with Crippen LogP contribution < -0.4 is 0 Å². The van der Waals surface area contributed by atoms with Gasteiger partial charge in [0, 0.05) is 45.7 Å². The molecule has 1 unspecified atom stereocenters. The second-order valence-electron chi connectivity index (χ2n) is 6.69. The molecule has 2 fully saturated rings. The van der Waals surface area contributed by atoms with Crippen LogP contribution in [0.5, 0.6) is 0 Å². The molecular formula is C17H24ClN3O4. The summed E-state index contributed by atoms with van der Waals surface area (Å²) in [6.45, 7) is 2.47. The Kier molecular flexibility index (Phi) is 5.64. The smallest absolute Gasteiger partial charge is 0.248 e. The van der Waals surface area contributed by atoms with E-state index in [2.05, 4.69) is 5.16 Å². The minimum absolute atomic E-state index is 0.00744. The molecule has 2 aliphatic heterocycles. The van der Waals surface area contributed by atoms with Gasteiger partial charge in [-0.25, -0.2) is 0 Å². The first-order valence-corrected chi connectivity index (χ1v) is 9.14. The second kappa shape index (κ2) is 7.74. The van der Waals surface area contributed by atoms with Gasteiger partial charge in [-0.05, 0) is 25.7 Å². The van der Waals surface area contributed by atoms with Crippen molar-refractivity contribution in [2.75, 3.05) is 33.4 Å². The third kappa shape index (κ3) is 3.67. The summed E-state index contributed by atoms with van der Waals surface area (Å²) in [6.07, 6.45) is 4.00. The number of nitrogens with zero attached hydrogens (tertiary/aromatic N) is 3. The van der Waals surface area contributed by atoms with Crippen LogP contribution in [0.2, 0.25) is 5.15 Å². The predicted molar refractivity (Wildman–Crippen MR) is 91.2 cm³/mol. The topological polar surface area (TPSA) is 75.9 Å². The van der Waals surface area contributed by atoms with E-state index in [4.69, 9.17) is 20.9 Å². The van der Waals surface area contributed by atoms with E-state index in [0.29, 0.717) is 38.3 Å². The minimum atomic E-state index is -0.665. The number of aryl methyl sites for hydroxylation is 1. The van der Waals surface area contributed by atoms with Crippen molar-refractivity contribution in [3.63, 3.8) is 0 Å². The molecule has 2 amide bonds. The zero-order valence-corrected chi connectivity index (χ0v) is 15.3. The first-order valence-electron chi connectivity index (χ1n) is 8.77. The highest BCUT2D eigenvalue weighted by atomic mass is 35.5. The summed E-state index contributed by atoms with van der Waals surface area (Å²) in [7, 11) is 1.63. The molecule has 138 valence electrons. The summed E-state index contributed by atoms with van der Waals surface area (Å²) >= 11 is 5.74. The second-order valence-corrected chi connectivity index (χ2v) is 7.07. The summed E-state index contributed by atoms with van der Waals surface area (Å²) < 4.78 is 10.2. The van der Waals surface area contributed by atoms with E-state index in [9.17, 15) is 9.59 Å². The van der Waals surface area contributed by atoms with Crippen molar-refractivity contribution in [3.05, 3.63) is 17.0 Å². The zero-order chi connectivity index (χ0) is 17.9. The van der Waals surface area contributed by atoms with Crippen molar-refractivity contribution < 1.29 is 18.8 Å². The molecule has 1 atom stereocenters. The number of hydrogen-bond acceptors (Lipinski definition) is 5. The molecule has 25 heavy (non-hydrogen) atoms. The Hall–Kier alpha value is -1.60. The lowest BCUT2D eigenvalue weighted by Crippen LogP contribution is -2.61. The number of carbonyl (C=O) groups is 2. The third-order valence-corrected chi connectivity index (χ3v) is 5.35. The van der Waals surface area contributed by atoms with Crippen LogP contribution in [0.4, 0.5) is 0 Å². The quantitative estimate of drug-likeness (QED) is 0.765. The Balaban J connectivity index is 1.67. The number of aromatic nitrogens is 1. The fraction of sp³-hybridized carbons (Fsp3) is 0.706. The summed E-state index contributed by atoms with van der Waals surface area (Å²) in [4.78, 5) is 29.5. The van der Waals surface area contributed by atoms with Gasteiger partial charge in [0.05, 0.1) is 6.61 Å². The monoisotopic (exact) mass is 369 g/mol. The molecule has 0 radical (unpaired) electrons. The summed E-state index contributed by atoms with van der Waals surface area (Å²) in [5.74, 6) is 0.652. The molecule has 1 aromatic heterocycles. The van der Waals surface area contributed by atoms with Crippen molar-refractivity contribution in [1.82, 2.24) is 15.0 Å². The average molecular weight is 370 g/mol. The van der Waals surface area contributed by atoms with Gasteiger partial charge in [0.25, 0.3) is 0 Å². The molecule has 7 nitrogen and oxygen atoms in total. The van der Waals surface area contributed by atoms with Crippen LogP contribution in [0.15, 0.2) is 10.6 Å². The standard InChI is InChI=1S/C17H24ClN3O4/c1-24-11-10-20-8-2-6-17(16(20)23)7-3-9-21(17)15(22)5-4-13-12-14(18)19-25-13/h12H,2-11H2,1H3. The SMILES string of the molecule is COCCN1CCCC2(CCCN2C(=O)CCc2cc(Cl)no2)C1=O. The highest BCUT2D eigenvalue weighted by molar-refractivity contribution is 6.29. The summed E-state index contributed by atoms with van der Waals surface area (Å²) in [5.41, 5.74) is -0.665. The number of methoxy groups -OCH3 is 1. The molecule has 0 aliphatic carbocycles. The Morgan fingerprint density at radius 1 is 1.40 bits per heavy atom. The Morgan fingerprint density at radius 3 is 2.84 bits per heavy atom. The number of piperidine rings is 1. The highest BCUT2D eigenvalue weighted by Gasteiger charge is 2.52. The van der Waals surface area contributed by atoms with E-state index in [0.717, 1.165) is 32.2 Å². The first-order chi connectivity index (χ1) is 12.1. The lowest BCUT2D eigenvalue weighted by molar-refractivity contribution is -0.155. The number of likely N-dealkylation sites (tertiary alicyclic amines) is 2. The van der Waals surface area contributed by atoms with E-state index in [1.165, 1.54) is 0 Å². The van der Waals surface area contributed by atoms with Crippen LogP contribution in [0.1, 0.15) is 37.9 Å². The highest BCUT2D eigenvalue weighted by Crippen LogP contribution is 2.38. The molecule has 1 spiro atoms. The van der Waals surface area contributed by atoms with Gasteiger partial charge in [-0.15, -0.1) is 0 Å². The van der Waals surface area contributed by atoms with Crippen LogP contribution in [-0.4, -0.2) is 65.7 Å². The normalized spacial score (nSPS) is 23.7. The lowest BCUT2D eigenvalue weighted by atomic mass is 9.85. The van der Waals surface area contributed by atoms with E-state index in [1.807, 2.05) is 4.90 Å². The Labute approximate surface area is 152 Å². The molecule has 1 aromatic rings. The van der Waals surface area contributed by atoms with E-state index in [-0.39, 0.29) is 17.0 Å². The summed E-state index contributed by atoms with van der Waals surface area (Å²) in [6, 6.07) is 1.62. The van der Waals surface area contributed by atoms with E-state index >= 15 is 0 Å². The number of amides is 2. The molecule has 2 saturated heterocycles. The van der Waals surface area contributed by atoms with Gasteiger partial charge in [0.1, 0.15) is 11.3 Å². The number of rotatable bonds is 6. The van der Waals surface area contributed by atoms with Crippen LogP contribution in [0.3, 0.4) is 0 Å². The van der Waals surface area contributed by atoms with Crippen LogP contribution in [0.25, 0.3) is 0 Å². The maximum atomic E-state index is 13.1.